The average molecular weight is 483 g/mol. The van der Waals surface area contributed by atoms with E-state index in [1.54, 1.807) is 11.0 Å². The predicted molar refractivity (Wildman–Crippen MR) is 115 cm³/mol. The van der Waals surface area contributed by atoms with Crippen molar-refractivity contribution in [2.75, 3.05) is 23.7 Å². The van der Waals surface area contributed by atoms with Crippen molar-refractivity contribution < 1.29 is 18.0 Å². The predicted octanol–water partition coefficient (Wildman–Crippen LogP) is 3.31. The third-order valence-electron chi connectivity index (χ3n) is 6.23. The number of carbonyl (C=O) groups is 2. The van der Waals surface area contributed by atoms with Gasteiger partial charge in [0.25, 0.3) is 0 Å². The maximum absolute atomic E-state index is 13.2. The molecule has 2 heterocycles. The highest BCUT2D eigenvalue weighted by Gasteiger charge is 2.39. The molecule has 0 aromatic heterocycles. The topological polar surface area (TPSA) is 74.8 Å². The fraction of sp³-hybridized carbons (Fsp3) is 0.619. The van der Waals surface area contributed by atoms with E-state index in [-0.39, 0.29) is 40.8 Å². The Balaban J connectivity index is 1.57. The van der Waals surface area contributed by atoms with Gasteiger partial charge in [-0.1, -0.05) is 15.9 Å². The van der Waals surface area contributed by atoms with Crippen LogP contribution in [0.1, 0.15) is 51.0 Å². The highest BCUT2D eigenvalue weighted by atomic mass is 79.9. The second kappa shape index (κ2) is 8.02. The molecule has 0 bridgehead atoms. The zero-order chi connectivity index (χ0) is 20.8. The summed E-state index contributed by atoms with van der Waals surface area (Å²) >= 11 is 3.41. The average Bonchev–Trinajstić information content (AvgIpc) is 3.45. The molecule has 3 aliphatic rings. The lowest BCUT2D eigenvalue weighted by molar-refractivity contribution is -0.134. The summed E-state index contributed by atoms with van der Waals surface area (Å²) in [5, 5.41) is 0. The van der Waals surface area contributed by atoms with E-state index in [1.807, 2.05) is 17.9 Å². The number of hydrogen-bond acceptors (Lipinski definition) is 4. The number of halogens is 1. The van der Waals surface area contributed by atoms with Gasteiger partial charge >= 0.3 is 0 Å². The second-order valence-corrected chi connectivity index (χ2v) is 11.4. The first-order chi connectivity index (χ1) is 13.8. The maximum atomic E-state index is 13.2. The van der Waals surface area contributed by atoms with Gasteiger partial charge in [-0.15, -0.1) is 0 Å². The number of anilines is 1. The van der Waals surface area contributed by atoms with E-state index in [1.165, 1.54) is 0 Å². The third kappa shape index (κ3) is 4.24. The zero-order valence-corrected chi connectivity index (χ0v) is 19.1. The fourth-order valence-electron chi connectivity index (χ4n) is 4.42. The van der Waals surface area contributed by atoms with Crippen LogP contribution in [0.25, 0.3) is 0 Å². The van der Waals surface area contributed by atoms with E-state index in [4.69, 9.17) is 0 Å². The van der Waals surface area contributed by atoms with Crippen molar-refractivity contribution in [3.8, 4) is 0 Å². The molecule has 0 radical (unpaired) electrons. The van der Waals surface area contributed by atoms with Crippen LogP contribution in [0, 0.1) is 5.92 Å². The summed E-state index contributed by atoms with van der Waals surface area (Å²) in [4.78, 5) is 29.0. The van der Waals surface area contributed by atoms with Crippen molar-refractivity contribution in [2.24, 2.45) is 5.92 Å². The molecule has 1 aliphatic carbocycles. The van der Waals surface area contributed by atoms with Gasteiger partial charge in [-0.25, -0.2) is 8.42 Å². The Morgan fingerprint density at radius 3 is 2.59 bits per heavy atom. The van der Waals surface area contributed by atoms with E-state index in [0.29, 0.717) is 29.7 Å². The van der Waals surface area contributed by atoms with Crippen molar-refractivity contribution in [3.05, 3.63) is 22.2 Å². The van der Waals surface area contributed by atoms with Crippen LogP contribution < -0.4 is 4.90 Å². The third-order valence-corrected chi connectivity index (χ3v) is 8.41. The van der Waals surface area contributed by atoms with Crippen molar-refractivity contribution in [1.82, 2.24) is 4.90 Å². The molecule has 1 aromatic rings. The number of rotatable bonds is 5. The molecule has 1 saturated heterocycles. The molecular formula is C21H27BrN2O4S. The van der Waals surface area contributed by atoms with Crippen LogP contribution in [0.5, 0.6) is 0 Å². The lowest BCUT2D eigenvalue weighted by Crippen LogP contribution is -2.42. The van der Waals surface area contributed by atoms with Gasteiger partial charge in [0, 0.05) is 35.9 Å². The first kappa shape index (κ1) is 20.8. The number of sulfone groups is 1. The summed E-state index contributed by atoms with van der Waals surface area (Å²) in [5.74, 6) is -0.273. The van der Waals surface area contributed by atoms with Gasteiger partial charge < -0.3 is 9.80 Å². The monoisotopic (exact) mass is 482 g/mol. The Bertz CT molecular complexity index is 942. The number of hydrogen-bond donors (Lipinski definition) is 0. The quantitative estimate of drug-likeness (QED) is 0.644. The van der Waals surface area contributed by atoms with Crippen molar-refractivity contribution in [1.29, 1.82) is 0 Å². The SMILES string of the molecule is C[C@H]1CCCCN1C(=O)CCS(=O)(=O)c1cc(Br)cc2c1N(C(=O)C1CC1)CC2. The molecule has 2 aliphatic heterocycles. The lowest BCUT2D eigenvalue weighted by Gasteiger charge is -2.33. The Labute approximate surface area is 180 Å². The summed E-state index contributed by atoms with van der Waals surface area (Å²) in [6.07, 6.45) is 5.44. The van der Waals surface area contributed by atoms with Gasteiger partial charge in [0.2, 0.25) is 11.8 Å². The van der Waals surface area contributed by atoms with Gasteiger partial charge in [-0.2, -0.15) is 0 Å². The number of carbonyl (C=O) groups excluding carboxylic acids is 2. The van der Waals surface area contributed by atoms with E-state index in [0.717, 1.165) is 37.7 Å². The minimum atomic E-state index is -3.70. The number of benzene rings is 1. The number of likely N-dealkylation sites (tertiary alicyclic amines) is 1. The summed E-state index contributed by atoms with van der Waals surface area (Å²) in [7, 11) is -3.70. The van der Waals surface area contributed by atoms with Gasteiger partial charge in [-0.3, -0.25) is 9.59 Å². The molecule has 0 N–H and O–H groups in total. The van der Waals surface area contributed by atoms with Gasteiger partial charge in [0.05, 0.1) is 16.3 Å². The molecule has 1 atom stereocenters. The van der Waals surface area contributed by atoms with Gasteiger partial charge in [0.1, 0.15) is 0 Å². The molecule has 158 valence electrons. The number of amides is 2. The van der Waals surface area contributed by atoms with Crippen LogP contribution in [-0.4, -0.2) is 50.0 Å². The first-order valence-electron chi connectivity index (χ1n) is 10.4. The normalized spacial score (nSPS) is 21.9. The highest BCUT2D eigenvalue weighted by Crippen LogP contribution is 2.41. The largest absolute Gasteiger partial charge is 0.340 e. The standard InChI is InChI=1S/C21H27BrN2O4S/c1-14-4-2-3-9-23(14)19(25)8-11-29(27,28)18-13-17(22)12-16-7-10-24(20(16)18)21(26)15-5-6-15/h12-15H,2-11H2,1H3/t14-/m0/s1. The fourth-order valence-corrected chi connectivity index (χ4v) is 6.58. The van der Waals surface area contributed by atoms with E-state index < -0.39 is 9.84 Å². The van der Waals surface area contributed by atoms with Crippen LogP contribution >= 0.6 is 15.9 Å². The molecule has 2 fully saturated rings. The lowest BCUT2D eigenvalue weighted by atomic mass is 10.0. The molecule has 4 rings (SSSR count). The van der Waals surface area contributed by atoms with Crippen molar-refractivity contribution >= 4 is 43.3 Å². The molecule has 29 heavy (non-hydrogen) atoms. The maximum Gasteiger partial charge on any atom is 0.230 e. The molecule has 0 spiro atoms. The minimum Gasteiger partial charge on any atom is -0.340 e. The van der Waals surface area contributed by atoms with Gasteiger partial charge in [-0.05, 0) is 63.1 Å². The van der Waals surface area contributed by atoms with Crippen molar-refractivity contribution in [2.45, 2.75) is 62.8 Å². The Kier molecular flexibility index (Phi) is 5.77. The summed E-state index contributed by atoms with van der Waals surface area (Å²) in [5.41, 5.74) is 1.41. The molecule has 1 saturated carbocycles. The Morgan fingerprint density at radius 1 is 1.14 bits per heavy atom. The first-order valence-corrected chi connectivity index (χ1v) is 12.9. The van der Waals surface area contributed by atoms with Crippen LogP contribution in [0.15, 0.2) is 21.5 Å². The van der Waals surface area contributed by atoms with Crippen LogP contribution in [0.2, 0.25) is 0 Å². The summed E-state index contributed by atoms with van der Waals surface area (Å²) in [6.45, 7) is 3.25. The number of piperidine rings is 1. The number of nitrogens with zero attached hydrogens (tertiary/aromatic N) is 2. The van der Waals surface area contributed by atoms with E-state index in [2.05, 4.69) is 15.9 Å². The molecule has 2 amide bonds. The van der Waals surface area contributed by atoms with E-state index >= 15 is 0 Å². The van der Waals surface area contributed by atoms with Crippen LogP contribution in [-0.2, 0) is 25.8 Å². The molecule has 6 nitrogen and oxygen atoms in total. The zero-order valence-electron chi connectivity index (χ0n) is 16.7. The highest BCUT2D eigenvalue weighted by molar-refractivity contribution is 9.10. The van der Waals surface area contributed by atoms with Crippen LogP contribution in [0.4, 0.5) is 5.69 Å². The Hall–Kier alpha value is -1.41. The minimum absolute atomic E-state index is 0.0233. The summed E-state index contributed by atoms with van der Waals surface area (Å²) in [6, 6.07) is 3.65. The summed E-state index contributed by atoms with van der Waals surface area (Å²) < 4.78 is 27.2. The molecule has 8 heteroatoms. The Morgan fingerprint density at radius 2 is 1.90 bits per heavy atom. The molecular weight excluding hydrogens is 456 g/mol. The smallest absolute Gasteiger partial charge is 0.230 e. The number of fused-ring (bicyclic) bond motifs is 1. The van der Waals surface area contributed by atoms with Gasteiger partial charge in [0.15, 0.2) is 9.84 Å². The van der Waals surface area contributed by atoms with E-state index in [9.17, 15) is 18.0 Å². The molecule has 0 unspecified atom stereocenters. The van der Waals surface area contributed by atoms with Crippen LogP contribution in [0.3, 0.4) is 0 Å². The van der Waals surface area contributed by atoms with Crippen molar-refractivity contribution in [3.63, 3.8) is 0 Å². The second-order valence-electron chi connectivity index (χ2n) is 8.43. The molecule has 1 aromatic carbocycles.